The number of halogens is 6. The van der Waals surface area contributed by atoms with Crippen LogP contribution in [0.15, 0.2) is 41.3 Å². The number of fused-ring (bicyclic) bond motifs is 4. The predicted molar refractivity (Wildman–Crippen MR) is 123 cm³/mol. The van der Waals surface area contributed by atoms with Crippen molar-refractivity contribution in [2.24, 2.45) is 11.3 Å². The van der Waals surface area contributed by atoms with Crippen LogP contribution in [0.25, 0.3) is 0 Å². The maximum Gasteiger partial charge on any atom is 0.511 e. The summed E-state index contributed by atoms with van der Waals surface area (Å²) < 4.78 is 127. The normalized spacial score (nSPS) is 28.5. The maximum absolute atomic E-state index is 15.5. The van der Waals surface area contributed by atoms with Crippen LogP contribution in [0.4, 0.5) is 22.0 Å². The van der Waals surface area contributed by atoms with Gasteiger partial charge in [0.05, 0.1) is 17.1 Å². The molecule has 2 unspecified atom stereocenters. The molecule has 202 valence electrons. The number of hydrogen-bond donors (Lipinski definition) is 0. The van der Waals surface area contributed by atoms with Crippen molar-refractivity contribution in [3.63, 3.8) is 0 Å². The molecule has 2 aliphatic heterocycles. The van der Waals surface area contributed by atoms with Crippen LogP contribution in [0.1, 0.15) is 31.2 Å². The van der Waals surface area contributed by atoms with Gasteiger partial charge in [-0.15, -0.1) is 0 Å². The predicted octanol–water partition coefficient (Wildman–Crippen LogP) is 5.02. The molecule has 0 aromatic heterocycles. The lowest BCUT2D eigenvalue weighted by molar-refractivity contribution is -0.0493. The zero-order valence-corrected chi connectivity index (χ0v) is 21.5. The molecule has 5 rings (SSSR count). The first kappa shape index (κ1) is 26.6. The largest absolute Gasteiger partial charge is 0.511 e. The van der Waals surface area contributed by atoms with Gasteiger partial charge in [0, 0.05) is 24.0 Å². The number of hydrogen-bond acceptors (Lipinski definition) is 5. The highest BCUT2D eigenvalue weighted by Gasteiger charge is 2.67. The van der Waals surface area contributed by atoms with Crippen molar-refractivity contribution < 1.29 is 43.5 Å². The fourth-order valence-electron chi connectivity index (χ4n) is 6.37. The number of ether oxygens (including phenoxy) is 1. The first-order valence-electron chi connectivity index (χ1n) is 11.4. The molecule has 0 bridgehead atoms. The Morgan fingerprint density at radius 1 is 0.946 bits per heavy atom. The third kappa shape index (κ3) is 3.71. The van der Waals surface area contributed by atoms with Crippen LogP contribution in [-0.2, 0) is 24.6 Å². The smallest absolute Gasteiger partial charge is 0.490 e. The Hall–Kier alpha value is -1.96. The van der Waals surface area contributed by atoms with Crippen molar-refractivity contribution in [1.82, 2.24) is 4.31 Å². The molecule has 37 heavy (non-hydrogen) atoms. The van der Waals surface area contributed by atoms with E-state index >= 15 is 4.39 Å². The Bertz CT molecular complexity index is 1470. The van der Waals surface area contributed by atoms with Crippen LogP contribution in [0.3, 0.4) is 0 Å². The van der Waals surface area contributed by atoms with E-state index < -0.39 is 84.1 Å². The Morgan fingerprint density at radius 2 is 1.59 bits per heavy atom. The van der Waals surface area contributed by atoms with Crippen LogP contribution < -0.4 is 4.74 Å². The van der Waals surface area contributed by atoms with E-state index in [2.05, 4.69) is 0 Å². The van der Waals surface area contributed by atoms with Gasteiger partial charge in [-0.2, -0.15) is 17.5 Å². The lowest BCUT2D eigenvalue weighted by atomic mass is 9.58. The summed E-state index contributed by atoms with van der Waals surface area (Å²) in [6.07, 6.45) is 0.0568. The third-order valence-corrected chi connectivity index (χ3v) is 12.4. The van der Waals surface area contributed by atoms with E-state index in [4.69, 9.17) is 16.3 Å². The van der Waals surface area contributed by atoms with Gasteiger partial charge in [0.1, 0.15) is 10.6 Å². The molecule has 3 atom stereocenters. The van der Waals surface area contributed by atoms with Gasteiger partial charge in [-0.1, -0.05) is 18.0 Å². The van der Waals surface area contributed by atoms with Gasteiger partial charge in [0.25, 0.3) is 0 Å². The lowest BCUT2D eigenvalue weighted by Crippen LogP contribution is -2.59. The molecule has 3 aliphatic rings. The summed E-state index contributed by atoms with van der Waals surface area (Å²) in [6.45, 7) is -1.55. The van der Waals surface area contributed by atoms with Gasteiger partial charge >= 0.3 is 15.5 Å². The van der Waals surface area contributed by atoms with E-state index in [1.807, 2.05) is 0 Å². The van der Waals surface area contributed by atoms with Crippen molar-refractivity contribution >= 4 is 31.5 Å². The number of nitrogens with zero attached hydrogens (tertiary/aromatic N) is 1. The molecule has 2 fully saturated rings. The average Bonchev–Trinajstić information content (AvgIpc) is 3.26. The van der Waals surface area contributed by atoms with Crippen LogP contribution in [0.2, 0.25) is 5.02 Å². The van der Waals surface area contributed by atoms with Gasteiger partial charge in [-0.05, 0) is 61.1 Å². The van der Waals surface area contributed by atoms with E-state index in [0.717, 1.165) is 12.1 Å². The molecule has 1 saturated heterocycles. The second kappa shape index (κ2) is 8.52. The highest BCUT2D eigenvalue weighted by molar-refractivity contribution is 7.92. The summed E-state index contributed by atoms with van der Waals surface area (Å²) in [4.78, 5) is -0.228. The van der Waals surface area contributed by atoms with Crippen molar-refractivity contribution in [2.45, 2.75) is 40.8 Å². The van der Waals surface area contributed by atoms with Gasteiger partial charge in [-0.25, -0.2) is 25.6 Å². The zero-order chi connectivity index (χ0) is 27.0. The Kier molecular flexibility index (Phi) is 6.13. The molecule has 1 spiro atoms. The Balaban J connectivity index is 1.73. The second-order valence-corrected chi connectivity index (χ2v) is 14.3. The summed E-state index contributed by atoms with van der Waals surface area (Å²) in [5.41, 5.74) is -7.34. The maximum atomic E-state index is 15.5. The van der Waals surface area contributed by atoms with E-state index in [9.17, 15) is 34.4 Å². The number of rotatable bonds is 3. The molecule has 0 radical (unpaired) electrons. The van der Waals surface area contributed by atoms with E-state index in [-0.39, 0.29) is 35.6 Å². The zero-order valence-electron chi connectivity index (χ0n) is 19.1. The van der Waals surface area contributed by atoms with Gasteiger partial charge in [-0.3, -0.25) is 0 Å². The van der Waals surface area contributed by atoms with Crippen LogP contribution in [-0.4, -0.2) is 46.3 Å². The number of sulfonamides is 1. The highest BCUT2D eigenvalue weighted by atomic mass is 35.5. The van der Waals surface area contributed by atoms with E-state index in [0.29, 0.717) is 4.31 Å². The Morgan fingerprint density at radius 3 is 2.24 bits per heavy atom. The van der Waals surface area contributed by atoms with Gasteiger partial charge < -0.3 is 4.74 Å². The topological polar surface area (TPSA) is 80.8 Å². The fourth-order valence-corrected chi connectivity index (χ4v) is 10.0. The quantitative estimate of drug-likeness (QED) is 0.473. The summed E-state index contributed by atoms with van der Waals surface area (Å²) in [5, 5.41) is 0.238. The minimum Gasteiger partial charge on any atom is -0.490 e. The van der Waals surface area contributed by atoms with Crippen molar-refractivity contribution in [3.05, 3.63) is 58.6 Å². The molecule has 1 saturated carbocycles. The lowest BCUT2D eigenvalue weighted by Gasteiger charge is -2.55. The summed E-state index contributed by atoms with van der Waals surface area (Å²) in [7, 11) is -10.2. The van der Waals surface area contributed by atoms with Crippen molar-refractivity contribution in [3.8, 4) is 5.75 Å². The van der Waals surface area contributed by atoms with Crippen molar-refractivity contribution in [2.75, 3.05) is 19.7 Å². The molecule has 14 heteroatoms. The summed E-state index contributed by atoms with van der Waals surface area (Å²) >= 11 is 5.93. The van der Waals surface area contributed by atoms with Crippen LogP contribution >= 0.6 is 11.6 Å². The van der Waals surface area contributed by atoms with Gasteiger partial charge in [0.2, 0.25) is 0 Å². The van der Waals surface area contributed by atoms with Crippen LogP contribution in [0.5, 0.6) is 5.75 Å². The molecule has 6 nitrogen and oxygen atoms in total. The van der Waals surface area contributed by atoms with E-state index in [1.165, 1.54) is 24.3 Å². The van der Waals surface area contributed by atoms with Crippen LogP contribution in [0, 0.1) is 23.0 Å². The van der Waals surface area contributed by atoms with E-state index in [1.54, 1.807) is 0 Å². The fraction of sp³-hybridized carbons (Fsp3) is 0.478. The first-order valence-corrected chi connectivity index (χ1v) is 14.7. The number of benzene rings is 2. The third-order valence-electron chi connectivity index (χ3n) is 7.99. The minimum absolute atomic E-state index is 0.0967. The average molecular weight is 586 g/mol. The van der Waals surface area contributed by atoms with Gasteiger partial charge in [0.15, 0.2) is 21.4 Å². The minimum atomic E-state index is -5.68. The molecule has 2 heterocycles. The summed E-state index contributed by atoms with van der Waals surface area (Å²) in [6, 6.07) is 6.71. The molecule has 0 amide bonds. The highest BCUT2D eigenvalue weighted by Crippen LogP contribution is 2.64. The van der Waals surface area contributed by atoms with Crippen molar-refractivity contribution in [1.29, 1.82) is 0 Å². The molecule has 1 aliphatic carbocycles. The SMILES string of the molecule is O=S(=O)(c1ccc(Cl)cc1)C12CCC[C@]3(CCN(S(=O)(=O)C(F)(F)F)C3)C1COc1c(F)ccc(F)c12. The monoisotopic (exact) mass is 585 g/mol. The second-order valence-electron chi connectivity index (χ2n) is 9.69. The molecule has 2 aromatic carbocycles. The number of sulfone groups is 1. The first-order chi connectivity index (χ1) is 17.2. The summed E-state index contributed by atoms with van der Waals surface area (Å²) in [5.74, 6) is -3.74. The molecule has 2 aromatic rings. The molecular formula is C23H21ClF5NO5S2. The standard InChI is InChI=1S/C23H21ClF5NO5S2/c24-14-2-4-15(5-3-14)36(31,32)22-9-1-8-21(10-11-30(13-21)37(33,34)23(27,28)29)18(22)12-35-20-17(26)7-6-16(25)19(20)22/h2-7,18H,1,8-13H2/t18?,21-,22?/m1/s1. The Labute approximate surface area is 215 Å². The number of alkyl halides is 3. The molecule has 0 N–H and O–H groups in total. The molecular weight excluding hydrogens is 565 g/mol.